The van der Waals surface area contributed by atoms with Gasteiger partial charge in [0, 0.05) is 94.2 Å². The van der Waals surface area contributed by atoms with Crippen molar-refractivity contribution in [2.45, 2.75) is 51.6 Å². The van der Waals surface area contributed by atoms with Crippen LogP contribution in [0.1, 0.15) is 50.7 Å². The van der Waals surface area contributed by atoms with E-state index in [1.54, 1.807) is 82.9 Å². The van der Waals surface area contributed by atoms with Crippen molar-refractivity contribution >= 4 is 205 Å². The largest absolute Gasteiger partial charge is 0.457 e. The molecule has 2 unspecified atom stereocenters. The highest BCUT2D eigenvalue weighted by Gasteiger charge is 2.35. The maximum absolute atomic E-state index is 11.7. The van der Waals surface area contributed by atoms with Crippen molar-refractivity contribution in [2.75, 3.05) is 89.1 Å². The molecule has 4 aliphatic heterocycles. The molecule has 6 aromatic heterocycles. The molecular formula is C66H76Cl10N22O8P+3. The summed E-state index contributed by atoms with van der Waals surface area (Å²) in [6, 6.07) is 31.3. The summed E-state index contributed by atoms with van der Waals surface area (Å²) < 4.78 is 28.2. The van der Waals surface area contributed by atoms with Crippen molar-refractivity contribution in [1.29, 1.82) is 10.5 Å². The Hall–Kier alpha value is -7.95. The number of nitrogens with zero attached hydrogens (tertiary/aromatic N) is 16. The Bertz CT molecular complexity index is 5060. The van der Waals surface area contributed by atoms with Gasteiger partial charge in [-0.2, -0.15) is 28.7 Å². The van der Waals surface area contributed by atoms with Crippen LogP contribution in [0.2, 0.25) is 30.4 Å². The Morgan fingerprint density at radius 2 is 1.21 bits per heavy atom. The van der Waals surface area contributed by atoms with E-state index in [2.05, 4.69) is 116 Å². The Kier molecular flexibility index (Phi) is 35.1. The molecule has 15 rings (SSSR count). The van der Waals surface area contributed by atoms with Crippen LogP contribution < -0.4 is 51.7 Å². The number of aromatic amines is 1. The molecule has 0 saturated carbocycles. The number of ether oxygens (including phenoxy) is 2. The molecule has 2 atom stereocenters. The van der Waals surface area contributed by atoms with Crippen LogP contribution in [-0.4, -0.2) is 162 Å². The van der Waals surface area contributed by atoms with Gasteiger partial charge in [-0.05, 0) is 197 Å². The molecule has 10 heterocycles. The summed E-state index contributed by atoms with van der Waals surface area (Å²) in [5.41, 5.74) is 12.6. The standard InChI is InChI=1S/C17H20ClN6.C10H7Cl2N4.C10H7ClN4O.C9H7ClN2O2.C7H5ClN2.C7H14N2.C2H3ClO2.C2H6N2O.C2H6O.Cl3OP/c1-21-11-24-16(20-21)14-9-12(18)4-5-15(14)19-17(24)23-8-7-22-6-2-3-13(22)10-23;1-15-5-16-9(14-15)7-4-6(11)2-3-8(7)13-10(16)12;1-14-5-15-9(13-14)7-4-6(11)2-3-8(7)12-10(15)16;1-14-9(13)12-8-3-2-7(10)4-6(8)5-11;8-6-1-2-7(10)5(3-6)4-9;1-2-7-6-8-3-5-9(7)4-1;1-5-2(3)4;1-2(5)4-3;1-2-3;1-5(2,3)4/h4-5,9,11,13H,2-3,6-8,10H2,1H3;2*2-5H,1H3;2-4H,1H3,(H,12,13);1-3H,10H2;7-8H,1-6H2;1H3;3H2,1H3,(H,4,5);3H,2H2,1H3;/q2*+1;;;;;;;;/p+1. The maximum atomic E-state index is 11.7. The number of aryl methyl sites for hydroxylation is 3. The zero-order valence-corrected chi connectivity index (χ0v) is 67.0. The van der Waals surface area contributed by atoms with E-state index in [4.69, 9.17) is 96.0 Å². The second-order valence-corrected chi connectivity index (χ2v) is 32.6. The molecule has 0 spiro atoms. The third kappa shape index (κ3) is 27.0. The van der Waals surface area contributed by atoms with Crippen LogP contribution in [0.25, 0.3) is 49.7 Å². The number of benzene rings is 5. The molecule has 11 aromatic rings. The van der Waals surface area contributed by atoms with Crippen LogP contribution in [0.4, 0.5) is 26.9 Å². The average molecular weight is 1690 g/mol. The number of hydrazine groups is 1. The van der Waals surface area contributed by atoms with Crippen molar-refractivity contribution < 1.29 is 47.0 Å². The fourth-order valence-electron chi connectivity index (χ4n) is 11.0. The fourth-order valence-corrected chi connectivity index (χ4v) is 12.1. The number of piperazine rings is 2. The fraction of sp³-hybridized carbons (Fsp3) is 0.333. The van der Waals surface area contributed by atoms with Crippen LogP contribution >= 0.6 is 120 Å². The topological polar surface area (TPSA) is 376 Å². The number of methoxy groups -OCH3 is 2. The molecule has 2 amide bonds. The van der Waals surface area contributed by atoms with Gasteiger partial charge in [-0.1, -0.05) is 58.0 Å². The number of amides is 2. The van der Waals surface area contributed by atoms with Crippen molar-refractivity contribution in [3.8, 4) is 12.1 Å². The average Bonchev–Trinajstić information content (AvgIpc) is 1.22. The van der Waals surface area contributed by atoms with Crippen molar-refractivity contribution in [1.82, 2.24) is 64.6 Å². The number of carbonyl (C=O) groups is 3. The third-order valence-corrected chi connectivity index (χ3v) is 17.2. The van der Waals surface area contributed by atoms with E-state index < -0.39 is 16.7 Å². The van der Waals surface area contributed by atoms with E-state index in [1.165, 1.54) is 102 Å². The number of fused-ring (bicyclic) bond motifs is 11. The quantitative estimate of drug-likeness (QED) is 0.0124. The molecule has 30 nitrogen and oxygen atoms in total. The summed E-state index contributed by atoms with van der Waals surface area (Å²) in [6.07, 6.45) is 10.2. The molecule has 4 saturated heterocycles. The van der Waals surface area contributed by atoms with Gasteiger partial charge >= 0.3 is 33.6 Å². The lowest BCUT2D eigenvalue weighted by molar-refractivity contribution is -0.727. The Balaban J connectivity index is 0.000000196. The summed E-state index contributed by atoms with van der Waals surface area (Å²) >= 11 is 53.8. The Morgan fingerprint density at radius 1 is 0.720 bits per heavy atom. The first-order valence-electron chi connectivity index (χ1n) is 32.2. The summed E-state index contributed by atoms with van der Waals surface area (Å²) in [7, 11) is 8.01. The van der Waals surface area contributed by atoms with E-state index in [-0.39, 0.29) is 18.2 Å². The minimum Gasteiger partial charge on any atom is -0.457 e. The van der Waals surface area contributed by atoms with E-state index in [0.29, 0.717) is 64.6 Å². The smallest absolute Gasteiger partial charge is 0.419 e. The highest BCUT2D eigenvalue weighted by atomic mass is 36.0. The van der Waals surface area contributed by atoms with Gasteiger partial charge in [-0.15, -0.1) is 19.1 Å². The number of H-pyrrole nitrogens is 1. The molecule has 107 heavy (non-hydrogen) atoms. The van der Waals surface area contributed by atoms with E-state index in [0.717, 1.165) is 75.6 Å². The molecule has 4 fully saturated rings. The normalized spacial score (nSPS) is 14.7. The van der Waals surface area contributed by atoms with Crippen LogP contribution in [0, 0.1) is 22.7 Å². The summed E-state index contributed by atoms with van der Waals surface area (Å²) in [6.45, 7) is 12.8. The van der Waals surface area contributed by atoms with Crippen molar-refractivity contribution in [3.63, 3.8) is 0 Å². The number of rotatable bonds is 2. The predicted molar refractivity (Wildman–Crippen MR) is 419 cm³/mol. The zero-order valence-electron chi connectivity index (χ0n) is 58.6. The third-order valence-electron chi connectivity index (χ3n) is 15.6. The highest BCUT2D eigenvalue weighted by Crippen LogP contribution is 2.61. The molecule has 41 heteroatoms. The van der Waals surface area contributed by atoms with Gasteiger partial charge in [0.25, 0.3) is 23.3 Å². The molecule has 0 aliphatic carbocycles. The SMILES string of the molecule is C1CC2CNCCN2C1.CC(=O)NN.CCO.COC(=O)Cl.COC(=O)Nc1ccc(Cl)cc1C#N.C[n+]1cn2c(=O)[nH]c3ccc(Cl)cc3c2n1.Cn1c[n+]2c(Cl)nc3ccc(Cl)cc3c2n1.Cn1c[n+]2c(N3CCN4CCCC4C3)nc3ccc(Cl)cc3c2n1.N#Cc1cc(Cl)ccc1N.O=P(Cl)(Cl)Cl. The number of aromatic nitrogens is 12. The zero-order chi connectivity index (χ0) is 78.8. The molecular weight excluding hydrogens is 1610 g/mol. The van der Waals surface area contributed by atoms with Gasteiger partial charge in [-0.25, -0.2) is 20.2 Å². The molecule has 5 aromatic carbocycles. The number of nitrogen functional groups attached to an aromatic ring is 1. The number of aliphatic hydroxyl groups is 1. The summed E-state index contributed by atoms with van der Waals surface area (Å²) in [4.78, 5) is 61.1. The van der Waals surface area contributed by atoms with Gasteiger partial charge < -0.3 is 25.6 Å². The monoisotopic (exact) mass is 1690 g/mol. The number of anilines is 3. The van der Waals surface area contributed by atoms with E-state index in [9.17, 15) is 23.7 Å². The van der Waals surface area contributed by atoms with Crippen molar-refractivity contribution in [3.05, 3.63) is 162 Å². The number of nitrogens with two attached hydrogens (primary N) is 2. The molecule has 570 valence electrons. The van der Waals surface area contributed by atoms with Gasteiger partial charge in [0.2, 0.25) is 5.91 Å². The molecule has 4 aliphatic rings. The first-order valence-corrected chi connectivity index (χ1v) is 39.2. The first-order chi connectivity index (χ1) is 50.8. The summed E-state index contributed by atoms with van der Waals surface area (Å²) in [5.74, 6) is 5.34. The predicted octanol–water partition coefficient (Wildman–Crippen LogP) is 11.3. The molecule has 9 N–H and O–H groups in total. The molecule has 0 radical (unpaired) electrons. The molecule has 0 bridgehead atoms. The second kappa shape index (κ2) is 42.7. The van der Waals surface area contributed by atoms with Crippen LogP contribution in [0.15, 0.2) is 115 Å². The maximum Gasteiger partial charge on any atom is 0.419 e. The van der Waals surface area contributed by atoms with Crippen LogP contribution in [0.5, 0.6) is 0 Å². The Morgan fingerprint density at radius 3 is 1.76 bits per heavy atom. The number of aliphatic hydroxyl groups excluding tert-OH is 1. The number of nitriles is 2. The van der Waals surface area contributed by atoms with Gasteiger partial charge in [0.05, 0.1) is 79.9 Å². The number of nitrogens with one attached hydrogen (secondary N) is 4. The Labute approximate surface area is 663 Å². The van der Waals surface area contributed by atoms with E-state index >= 15 is 0 Å². The second-order valence-electron chi connectivity index (χ2n) is 23.1. The minimum absolute atomic E-state index is 0.210. The lowest BCUT2D eigenvalue weighted by Crippen LogP contribution is -2.52. The highest BCUT2D eigenvalue weighted by molar-refractivity contribution is 8.24. The summed E-state index contributed by atoms with van der Waals surface area (Å²) in [5, 5.41) is 46.6. The lowest BCUT2D eigenvalue weighted by Gasteiger charge is -2.35. The van der Waals surface area contributed by atoms with Gasteiger partial charge in [-0.3, -0.25) is 39.8 Å². The van der Waals surface area contributed by atoms with Crippen LogP contribution in [-0.2, 0) is 40.0 Å². The van der Waals surface area contributed by atoms with Gasteiger partial charge in [0.1, 0.15) is 30.2 Å². The number of carbonyl (C=O) groups excluding carboxylic acids is 3. The number of halogens is 10. The van der Waals surface area contributed by atoms with Crippen molar-refractivity contribution in [2.24, 2.45) is 27.0 Å². The van der Waals surface area contributed by atoms with E-state index in [1.807, 2.05) is 73.0 Å². The number of hydrogen-bond donors (Lipinski definition) is 7. The van der Waals surface area contributed by atoms with Gasteiger partial charge in [0.15, 0.2) is 12.7 Å². The van der Waals surface area contributed by atoms with Crippen LogP contribution in [0.3, 0.4) is 0 Å². The number of hydrogen-bond acceptors (Lipinski definition) is 21. The lowest BCUT2D eigenvalue weighted by atomic mass is 10.1. The first kappa shape index (κ1) is 88.0. The minimum atomic E-state index is -3.22.